The van der Waals surface area contributed by atoms with Crippen LogP contribution in [-0.2, 0) is 17.4 Å². The number of halogens is 3. The first-order chi connectivity index (χ1) is 14.8. The molecule has 2 N–H and O–H groups in total. The van der Waals surface area contributed by atoms with E-state index in [0.29, 0.717) is 10.2 Å². The number of aryl methyl sites for hydroxylation is 1. The molecule has 0 spiro atoms. The lowest BCUT2D eigenvalue weighted by Gasteiger charge is -2.09. The van der Waals surface area contributed by atoms with Gasteiger partial charge in [0, 0.05) is 23.0 Å². The molecule has 0 saturated carbocycles. The molecule has 0 aliphatic heterocycles. The highest BCUT2D eigenvalue weighted by atomic mass is 19.4. The Kier molecular flexibility index (Phi) is 4.99. The number of carbonyl (C=O) groups excluding carboxylic acids is 1. The van der Waals surface area contributed by atoms with Gasteiger partial charge in [0.1, 0.15) is 5.65 Å². The molecule has 156 valence electrons. The SMILES string of the molecule is Cc1[nH]c2c(-c3ccccc3)c(C(F)(F)F)nn2c(=O)c1CC(=O)Nc1cc#ccc1. The van der Waals surface area contributed by atoms with Crippen molar-refractivity contribution in [2.45, 2.75) is 19.5 Å². The third kappa shape index (κ3) is 3.88. The van der Waals surface area contributed by atoms with Gasteiger partial charge in [0.25, 0.3) is 5.56 Å². The highest BCUT2D eigenvalue weighted by Crippen LogP contribution is 2.38. The van der Waals surface area contributed by atoms with Crippen molar-refractivity contribution in [3.63, 3.8) is 0 Å². The average molecular weight is 424 g/mol. The molecular formula is C22H15F3N4O2. The van der Waals surface area contributed by atoms with E-state index in [9.17, 15) is 22.8 Å². The molecule has 0 radical (unpaired) electrons. The predicted octanol–water partition coefficient (Wildman–Crippen LogP) is 3.80. The number of fused-ring (bicyclic) bond motifs is 1. The molecule has 6 nitrogen and oxygen atoms in total. The van der Waals surface area contributed by atoms with Crippen molar-refractivity contribution < 1.29 is 18.0 Å². The molecule has 0 fully saturated rings. The van der Waals surface area contributed by atoms with Gasteiger partial charge < -0.3 is 10.3 Å². The van der Waals surface area contributed by atoms with Crippen molar-refractivity contribution in [2.75, 3.05) is 5.32 Å². The van der Waals surface area contributed by atoms with Gasteiger partial charge in [-0.05, 0) is 24.6 Å². The molecule has 4 aromatic rings. The maximum absolute atomic E-state index is 13.7. The van der Waals surface area contributed by atoms with Gasteiger partial charge in [0.05, 0.1) is 12.0 Å². The van der Waals surface area contributed by atoms with Gasteiger partial charge >= 0.3 is 6.18 Å². The molecule has 0 aliphatic rings. The normalized spacial score (nSPS) is 11.4. The van der Waals surface area contributed by atoms with Crippen molar-refractivity contribution in [3.05, 3.63) is 88.0 Å². The zero-order valence-corrected chi connectivity index (χ0v) is 16.2. The summed E-state index contributed by atoms with van der Waals surface area (Å²) >= 11 is 0. The average Bonchev–Trinajstić information content (AvgIpc) is 3.12. The Bertz CT molecular complexity index is 1310. The van der Waals surface area contributed by atoms with Gasteiger partial charge in [0.2, 0.25) is 5.91 Å². The number of hydrogen-bond acceptors (Lipinski definition) is 3. The van der Waals surface area contributed by atoms with E-state index in [-0.39, 0.29) is 34.5 Å². The summed E-state index contributed by atoms with van der Waals surface area (Å²) < 4.78 is 41.8. The topological polar surface area (TPSA) is 79.3 Å². The Morgan fingerprint density at radius 1 is 1.19 bits per heavy atom. The summed E-state index contributed by atoms with van der Waals surface area (Å²) in [6, 6.07) is 17.9. The Balaban J connectivity index is 1.82. The first-order valence-corrected chi connectivity index (χ1v) is 9.20. The maximum Gasteiger partial charge on any atom is 0.435 e. The number of alkyl halides is 3. The minimum atomic E-state index is -4.77. The number of carbonyl (C=O) groups is 1. The number of rotatable bonds is 4. The van der Waals surface area contributed by atoms with Crippen molar-refractivity contribution in [2.24, 2.45) is 0 Å². The van der Waals surface area contributed by atoms with Crippen LogP contribution in [0.15, 0.2) is 53.3 Å². The lowest BCUT2D eigenvalue weighted by molar-refractivity contribution is -0.140. The molecule has 2 heterocycles. The summed E-state index contributed by atoms with van der Waals surface area (Å²) in [5, 5.41) is 6.17. The Morgan fingerprint density at radius 2 is 1.94 bits per heavy atom. The van der Waals surface area contributed by atoms with E-state index >= 15 is 0 Å². The number of anilines is 1. The quantitative estimate of drug-likeness (QED) is 0.523. The van der Waals surface area contributed by atoms with E-state index in [1.807, 2.05) is 0 Å². The van der Waals surface area contributed by atoms with E-state index in [1.54, 1.807) is 30.3 Å². The highest BCUT2D eigenvalue weighted by Gasteiger charge is 2.39. The van der Waals surface area contributed by atoms with Gasteiger partial charge in [0.15, 0.2) is 5.69 Å². The van der Waals surface area contributed by atoms with Gasteiger partial charge in [-0.15, -0.1) is 0 Å². The fraction of sp³-hybridized carbons (Fsp3) is 0.136. The number of nitrogens with zero attached hydrogens (tertiary/aromatic N) is 2. The van der Waals surface area contributed by atoms with E-state index in [0.717, 1.165) is 0 Å². The zero-order valence-electron chi connectivity index (χ0n) is 16.2. The van der Waals surface area contributed by atoms with Crippen molar-refractivity contribution in [1.82, 2.24) is 14.6 Å². The number of amides is 1. The molecule has 4 rings (SSSR count). The van der Waals surface area contributed by atoms with Crippen LogP contribution < -0.4 is 10.9 Å². The van der Waals surface area contributed by atoms with Crippen LogP contribution in [0.1, 0.15) is 17.0 Å². The Hall–Kier alpha value is -4.06. The lowest BCUT2D eigenvalue weighted by Crippen LogP contribution is -2.26. The number of aromatic amines is 1. The number of aromatic nitrogens is 3. The lowest BCUT2D eigenvalue weighted by atomic mass is 10.1. The van der Waals surface area contributed by atoms with E-state index < -0.39 is 23.3 Å². The van der Waals surface area contributed by atoms with Crippen LogP contribution in [-0.4, -0.2) is 20.5 Å². The van der Waals surface area contributed by atoms with Crippen LogP contribution >= 0.6 is 0 Å². The van der Waals surface area contributed by atoms with Crippen molar-refractivity contribution in [1.29, 1.82) is 0 Å². The molecular weight excluding hydrogens is 409 g/mol. The third-order valence-electron chi connectivity index (χ3n) is 4.70. The smallest absolute Gasteiger partial charge is 0.343 e. The molecule has 0 bridgehead atoms. The summed E-state index contributed by atoms with van der Waals surface area (Å²) in [6.45, 7) is 1.53. The third-order valence-corrected chi connectivity index (χ3v) is 4.70. The van der Waals surface area contributed by atoms with E-state index in [1.165, 1.54) is 25.1 Å². The number of nitrogens with one attached hydrogen (secondary N) is 2. The Labute approximate surface area is 174 Å². The molecule has 9 heteroatoms. The van der Waals surface area contributed by atoms with E-state index in [4.69, 9.17) is 0 Å². The summed E-state index contributed by atoms with van der Waals surface area (Å²) in [5.74, 6) is -0.501. The van der Waals surface area contributed by atoms with Crippen LogP contribution in [0.2, 0.25) is 0 Å². The molecule has 2 aromatic carbocycles. The molecule has 2 aromatic heterocycles. The second kappa shape index (κ2) is 7.65. The second-order valence-corrected chi connectivity index (χ2v) is 6.83. The largest absolute Gasteiger partial charge is 0.435 e. The fourth-order valence-corrected chi connectivity index (χ4v) is 3.30. The fourth-order valence-electron chi connectivity index (χ4n) is 3.30. The van der Waals surface area contributed by atoms with Crippen LogP contribution in [0.4, 0.5) is 18.9 Å². The maximum atomic E-state index is 13.7. The van der Waals surface area contributed by atoms with Crippen LogP contribution in [0.3, 0.4) is 0 Å². The van der Waals surface area contributed by atoms with Crippen LogP contribution in [0.5, 0.6) is 0 Å². The summed E-state index contributed by atoms with van der Waals surface area (Å²) in [7, 11) is 0. The standard InChI is InChI=1S/C22H15F3N4O2/c1-13-16(12-17(30)27-15-10-6-3-7-11-15)21(31)29-20(26-13)18(14-8-4-2-5-9-14)19(28-29)22(23,24)25/h2,4-6,8-11,26H,12H2,1H3,(H,27,30). The molecule has 0 unspecified atom stereocenters. The van der Waals surface area contributed by atoms with Crippen molar-refractivity contribution in [3.8, 4) is 11.1 Å². The molecule has 0 saturated heterocycles. The molecule has 0 aliphatic carbocycles. The summed E-state index contributed by atoms with van der Waals surface area (Å²) in [6.07, 6.45) is -5.11. The van der Waals surface area contributed by atoms with Gasteiger partial charge in [-0.2, -0.15) is 22.8 Å². The number of hydrogen-bond donors (Lipinski definition) is 2. The van der Waals surface area contributed by atoms with E-state index in [2.05, 4.69) is 27.5 Å². The van der Waals surface area contributed by atoms with Crippen molar-refractivity contribution >= 4 is 17.2 Å². The summed E-state index contributed by atoms with van der Waals surface area (Å²) in [5.41, 5.74) is -1.24. The molecule has 31 heavy (non-hydrogen) atoms. The zero-order chi connectivity index (χ0) is 22.2. The minimum Gasteiger partial charge on any atom is -0.343 e. The highest BCUT2D eigenvalue weighted by molar-refractivity contribution is 5.92. The van der Waals surface area contributed by atoms with Gasteiger partial charge in [-0.25, -0.2) is 0 Å². The molecule has 0 atom stereocenters. The number of benzene rings is 1. The second-order valence-electron chi connectivity index (χ2n) is 6.83. The van der Waals surface area contributed by atoms with Crippen LogP contribution in [0, 0.1) is 19.1 Å². The summed E-state index contributed by atoms with van der Waals surface area (Å²) in [4.78, 5) is 28.2. The monoisotopic (exact) mass is 424 g/mol. The van der Waals surface area contributed by atoms with Gasteiger partial charge in [-0.1, -0.05) is 42.5 Å². The predicted molar refractivity (Wildman–Crippen MR) is 107 cm³/mol. The van der Waals surface area contributed by atoms with Crippen LogP contribution in [0.25, 0.3) is 16.8 Å². The minimum absolute atomic E-state index is 0.0207. The first-order valence-electron chi connectivity index (χ1n) is 9.20. The molecule has 1 amide bonds. The first kappa shape index (κ1) is 20.2. The van der Waals surface area contributed by atoms with Gasteiger partial charge in [-0.3, -0.25) is 9.59 Å². The number of H-pyrrole nitrogens is 1. The Morgan fingerprint density at radius 3 is 2.58 bits per heavy atom.